The standard InChI is InChI=1S/C25H26ClF3/c1-2-3-17-4-6-18(7-5-17)8-9-20-15-23(27)21(24(28)16-20)12-10-19-11-13-22(26)25(29)14-19/h11,13-18H,2-9H2,1H3/t17-,18-. The molecule has 2 aromatic rings. The molecule has 0 spiro atoms. The highest BCUT2D eigenvalue weighted by Crippen LogP contribution is 2.34. The average molecular weight is 419 g/mol. The van der Waals surface area contributed by atoms with Gasteiger partial charge in [-0.1, -0.05) is 68.9 Å². The van der Waals surface area contributed by atoms with Gasteiger partial charge in [0.25, 0.3) is 0 Å². The second kappa shape index (κ2) is 10.2. The molecule has 1 aliphatic rings. The van der Waals surface area contributed by atoms with E-state index in [0.29, 0.717) is 23.5 Å². The molecule has 0 unspecified atom stereocenters. The largest absolute Gasteiger partial charge is 0.206 e. The third kappa shape index (κ3) is 6.03. The minimum atomic E-state index is -0.673. The smallest absolute Gasteiger partial charge is 0.143 e. The summed E-state index contributed by atoms with van der Waals surface area (Å²) in [6.45, 7) is 2.23. The van der Waals surface area contributed by atoms with Crippen LogP contribution in [0.15, 0.2) is 30.3 Å². The predicted octanol–water partition coefficient (Wildman–Crippen LogP) is 7.70. The molecule has 2 aromatic carbocycles. The van der Waals surface area contributed by atoms with Crippen LogP contribution in [0.4, 0.5) is 13.2 Å². The van der Waals surface area contributed by atoms with E-state index in [1.807, 2.05) is 0 Å². The van der Waals surface area contributed by atoms with Crippen molar-refractivity contribution < 1.29 is 13.2 Å². The van der Waals surface area contributed by atoms with Crippen molar-refractivity contribution in [2.24, 2.45) is 11.8 Å². The van der Waals surface area contributed by atoms with Gasteiger partial charge in [0, 0.05) is 5.56 Å². The molecule has 0 nitrogen and oxygen atoms in total. The Bertz CT molecular complexity index is 879. The van der Waals surface area contributed by atoms with E-state index in [9.17, 15) is 13.2 Å². The van der Waals surface area contributed by atoms with Crippen molar-refractivity contribution in [3.63, 3.8) is 0 Å². The molecule has 0 aromatic heterocycles. The van der Waals surface area contributed by atoms with Gasteiger partial charge in [0.05, 0.1) is 10.6 Å². The van der Waals surface area contributed by atoms with Crippen LogP contribution in [-0.2, 0) is 6.42 Å². The molecular weight excluding hydrogens is 393 g/mol. The summed E-state index contributed by atoms with van der Waals surface area (Å²) >= 11 is 5.63. The Balaban J connectivity index is 1.62. The van der Waals surface area contributed by atoms with E-state index >= 15 is 0 Å². The molecule has 0 bridgehead atoms. The molecular formula is C25H26ClF3. The first-order valence-electron chi connectivity index (χ1n) is 10.4. The van der Waals surface area contributed by atoms with Gasteiger partial charge in [-0.15, -0.1) is 0 Å². The number of benzene rings is 2. The van der Waals surface area contributed by atoms with Crippen LogP contribution in [0.3, 0.4) is 0 Å². The summed E-state index contributed by atoms with van der Waals surface area (Å²) in [5.74, 6) is 4.63. The lowest BCUT2D eigenvalue weighted by Gasteiger charge is -2.28. The zero-order valence-electron chi connectivity index (χ0n) is 16.7. The second-order valence-electron chi connectivity index (χ2n) is 8.03. The molecule has 0 radical (unpaired) electrons. The van der Waals surface area contributed by atoms with Gasteiger partial charge in [0.15, 0.2) is 0 Å². The van der Waals surface area contributed by atoms with Crippen LogP contribution in [0, 0.1) is 41.1 Å². The SMILES string of the molecule is CCC[C@H]1CC[C@H](CCc2cc(F)c(C#Cc3ccc(Cl)c(F)c3)c(F)c2)CC1. The first kappa shape index (κ1) is 21.8. The normalized spacial score (nSPS) is 18.9. The summed E-state index contributed by atoms with van der Waals surface area (Å²) in [6, 6.07) is 6.77. The fourth-order valence-electron chi connectivity index (χ4n) is 4.19. The Labute approximate surface area is 176 Å². The van der Waals surface area contributed by atoms with Crippen molar-refractivity contribution >= 4 is 11.6 Å². The fraction of sp³-hybridized carbons (Fsp3) is 0.440. The Morgan fingerprint density at radius 1 is 0.862 bits per heavy atom. The molecule has 0 aliphatic heterocycles. The van der Waals surface area contributed by atoms with Gasteiger partial charge in [-0.2, -0.15) is 0 Å². The molecule has 4 heteroatoms. The van der Waals surface area contributed by atoms with Gasteiger partial charge in [-0.05, 0) is 60.6 Å². The second-order valence-corrected chi connectivity index (χ2v) is 8.43. The van der Waals surface area contributed by atoms with Crippen molar-refractivity contribution in [3.05, 3.63) is 69.5 Å². The Morgan fingerprint density at radius 2 is 1.48 bits per heavy atom. The maximum Gasteiger partial charge on any atom is 0.143 e. The van der Waals surface area contributed by atoms with E-state index in [1.165, 1.54) is 62.8 Å². The van der Waals surface area contributed by atoms with E-state index in [0.717, 1.165) is 18.4 Å². The maximum absolute atomic E-state index is 14.4. The third-order valence-corrected chi connectivity index (χ3v) is 6.16. The highest BCUT2D eigenvalue weighted by atomic mass is 35.5. The molecule has 0 atom stereocenters. The third-order valence-electron chi connectivity index (χ3n) is 5.86. The molecule has 1 fully saturated rings. The quantitative estimate of drug-likeness (QED) is 0.436. The molecule has 0 N–H and O–H groups in total. The lowest BCUT2D eigenvalue weighted by Crippen LogP contribution is -2.15. The van der Waals surface area contributed by atoms with Gasteiger partial charge in [-0.25, -0.2) is 13.2 Å². The van der Waals surface area contributed by atoms with Crippen LogP contribution in [0.25, 0.3) is 0 Å². The zero-order valence-corrected chi connectivity index (χ0v) is 17.5. The van der Waals surface area contributed by atoms with Crippen molar-refractivity contribution in [3.8, 4) is 11.8 Å². The van der Waals surface area contributed by atoms with E-state index in [-0.39, 0.29) is 10.6 Å². The van der Waals surface area contributed by atoms with E-state index < -0.39 is 17.5 Å². The van der Waals surface area contributed by atoms with Crippen LogP contribution in [-0.4, -0.2) is 0 Å². The number of halogens is 4. The monoisotopic (exact) mass is 418 g/mol. The summed E-state index contributed by atoms with van der Waals surface area (Å²) in [7, 11) is 0. The summed E-state index contributed by atoms with van der Waals surface area (Å²) in [4.78, 5) is 0. The average Bonchev–Trinajstić information content (AvgIpc) is 2.70. The number of hydrogen-bond donors (Lipinski definition) is 0. The molecule has 0 saturated heterocycles. The predicted molar refractivity (Wildman–Crippen MR) is 112 cm³/mol. The number of hydrogen-bond acceptors (Lipinski definition) is 0. The maximum atomic E-state index is 14.4. The fourth-order valence-corrected chi connectivity index (χ4v) is 4.30. The number of rotatable bonds is 5. The summed E-state index contributed by atoms with van der Waals surface area (Å²) in [5, 5.41) is -0.0175. The van der Waals surface area contributed by atoms with Crippen LogP contribution in [0.2, 0.25) is 5.02 Å². The first-order chi connectivity index (χ1) is 14.0. The van der Waals surface area contributed by atoms with Gasteiger partial charge in [0.2, 0.25) is 0 Å². The van der Waals surface area contributed by atoms with Crippen LogP contribution < -0.4 is 0 Å². The highest BCUT2D eigenvalue weighted by molar-refractivity contribution is 6.30. The van der Waals surface area contributed by atoms with Crippen LogP contribution >= 0.6 is 11.6 Å². The van der Waals surface area contributed by atoms with Crippen molar-refractivity contribution in [1.29, 1.82) is 0 Å². The zero-order chi connectivity index (χ0) is 20.8. The molecule has 3 rings (SSSR count). The highest BCUT2D eigenvalue weighted by Gasteiger charge is 2.20. The first-order valence-corrected chi connectivity index (χ1v) is 10.8. The van der Waals surface area contributed by atoms with E-state index in [4.69, 9.17) is 11.6 Å². The Kier molecular flexibility index (Phi) is 7.67. The molecule has 29 heavy (non-hydrogen) atoms. The lowest BCUT2D eigenvalue weighted by molar-refractivity contribution is 0.252. The Morgan fingerprint density at radius 3 is 2.07 bits per heavy atom. The molecule has 1 saturated carbocycles. The summed E-state index contributed by atoms with van der Waals surface area (Å²) < 4.78 is 42.3. The van der Waals surface area contributed by atoms with Gasteiger partial charge in [-0.3, -0.25) is 0 Å². The molecule has 0 heterocycles. The lowest BCUT2D eigenvalue weighted by atomic mass is 9.78. The summed E-state index contributed by atoms with van der Waals surface area (Å²) in [5.41, 5.74) is 0.691. The number of aryl methyl sites for hydroxylation is 1. The molecule has 1 aliphatic carbocycles. The molecule has 154 valence electrons. The van der Waals surface area contributed by atoms with Gasteiger partial charge in [0.1, 0.15) is 17.5 Å². The molecule has 0 amide bonds. The minimum Gasteiger partial charge on any atom is -0.206 e. The van der Waals surface area contributed by atoms with Crippen LogP contribution in [0.1, 0.15) is 68.6 Å². The minimum absolute atomic E-state index is 0.0175. The van der Waals surface area contributed by atoms with E-state index in [1.54, 1.807) is 0 Å². The van der Waals surface area contributed by atoms with Crippen molar-refractivity contribution in [2.75, 3.05) is 0 Å². The van der Waals surface area contributed by atoms with Crippen LogP contribution in [0.5, 0.6) is 0 Å². The van der Waals surface area contributed by atoms with E-state index in [2.05, 4.69) is 18.8 Å². The van der Waals surface area contributed by atoms with Crippen molar-refractivity contribution in [2.45, 2.75) is 58.3 Å². The summed E-state index contributed by atoms with van der Waals surface area (Å²) in [6.07, 6.45) is 9.19. The van der Waals surface area contributed by atoms with Gasteiger partial charge >= 0.3 is 0 Å². The van der Waals surface area contributed by atoms with Crippen molar-refractivity contribution in [1.82, 2.24) is 0 Å². The Hall–Kier alpha value is -1.92. The topological polar surface area (TPSA) is 0 Å². The van der Waals surface area contributed by atoms with Gasteiger partial charge < -0.3 is 0 Å².